The van der Waals surface area contributed by atoms with Crippen molar-refractivity contribution in [3.8, 4) is 0 Å². The van der Waals surface area contributed by atoms with Crippen molar-refractivity contribution in [3.63, 3.8) is 0 Å². The zero-order valence-corrected chi connectivity index (χ0v) is 10.5. The standard InChI is InChI=1S/C13H18O2S/c1-2-11-6-8-13(16-11)12(14)7-5-10-4-3-9-15-10/h6,8,10H,2-5,7,9H2,1H3. The molecule has 1 atom stereocenters. The lowest BCUT2D eigenvalue weighted by molar-refractivity contribution is 0.0862. The van der Waals surface area contributed by atoms with Gasteiger partial charge in [0.2, 0.25) is 0 Å². The van der Waals surface area contributed by atoms with Crippen molar-refractivity contribution >= 4 is 17.1 Å². The Bertz CT molecular complexity index is 351. The lowest BCUT2D eigenvalue weighted by Crippen LogP contribution is -2.08. The smallest absolute Gasteiger partial charge is 0.172 e. The van der Waals surface area contributed by atoms with Crippen LogP contribution in [0.2, 0.25) is 0 Å². The highest BCUT2D eigenvalue weighted by Crippen LogP contribution is 2.22. The van der Waals surface area contributed by atoms with Gasteiger partial charge in [-0.3, -0.25) is 4.79 Å². The zero-order valence-electron chi connectivity index (χ0n) is 9.70. The first-order valence-corrected chi connectivity index (χ1v) is 6.84. The summed E-state index contributed by atoms with van der Waals surface area (Å²) in [5, 5.41) is 0. The molecule has 88 valence electrons. The van der Waals surface area contributed by atoms with Crippen molar-refractivity contribution in [2.24, 2.45) is 0 Å². The van der Waals surface area contributed by atoms with Crippen molar-refractivity contribution in [2.75, 3.05) is 6.61 Å². The van der Waals surface area contributed by atoms with E-state index in [1.165, 1.54) is 4.88 Å². The summed E-state index contributed by atoms with van der Waals surface area (Å²) in [5.41, 5.74) is 0. The largest absolute Gasteiger partial charge is 0.378 e. The van der Waals surface area contributed by atoms with Crippen LogP contribution < -0.4 is 0 Å². The molecule has 2 rings (SSSR count). The van der Waals surface area contributed by atoms with Crippen LogP contribution >= 0.6 is 11.3 Å². The van der Waals surface area contributed by atoms with Crippen LogP contribution in [0.3, 0.4) is 0 Å². The fourth-order valence-corrected chi connectivity index (χ4v) is 2.92. The van der Waals surface area contributed by atoms with E-state index in [2.05, 4.69) is 13.0 Å². The van der Waals surface area contributed by atoms with E-state index in [0.29, 0.717) is 12.5 Å². The van der Waals surface area contributed by atoms with Gasteiger partial charge < -0.3 is 4.74 Å². The topological polar surface area (TPSA) is 26.3 Å². The van der Waals surface area contributed by atoms with Gasteiger partial charge in [-0.2, -0.15) is 0 Å². The first-order chi connectivity index (χ1) is 7.79. The normalized spacial score (nSPS) is 20.2. The van der Waals surface area contributed by atoms with Gasteiger partial charge in [-0.1, -0.05) is 6.92 Å². The molecule has 2 heterocycles. The summed E-state index contributed by atoms with van der Waals surface area (Å²) in [5.74, 6) is 0.278. The Morgan fingerprint density at radius 1 is 1.56 bits per heavy atom. The molecular formula is C13H18O2S. The molecule has 1 unspecified atom stereocenters. The Labute approximate surface area is 101 Å². The Hall–Kier alpha value is -0.670. The van der Waals surface area contributed by atoms with E-state index in [1.54, 1.807) is 11.3 Å². The Kier molecular flexibility index (Phi) is 4.13. The van der Waals surface area contributed by atoms with Gasteiger partial charge >= 0.3 is 0 Å². The van der Waals surface area contributed by atoms with Crippen LogP contribution in [0.15, 0.2) is 12.1 Å². The number of carbonyl (C=O) groups is 1. The molecule has 1 saturated heterocycles. The fraction of sp³-hybridized carbons (Fsp3) is 0.615. The number of aryl methyl sites for hydroxylation is 1. The second-order valence-corrected chi connectivity index (χ2v) is 5.38. The number of rotatable bonds is 5. The first kappa shape index (κ1) is 11.8. The van der Waals surface area contributed by atoms with Gasteiger partial charge in [-0.25, -0.2) is 0 Å². The number of Topliss-reactive ketones (excluding diaryl/α,β-unsaturated/α-hetero) is 1. The minimum absolute atomic E-state index is 0.278. The highest BCUT2D eigenvalue weighted by Gasteiger charge is 2.17. The van der Waals surface area contributed by atoms with E-state index >= 15 is 0 Å². The molecule has 1 fully saturated rings. The maximum Gasteiger partial charge on any atom is 0.172 e. The molecule has 0 amide bonds. The van der Waals surface area contributed by atoms with Crippen molar-refractivity contribution in [3.05, 3.63) is 21.9 Å². The Balaban J connectivity index is 1.82. The molecule has 1 aliphatic heterocycles. The molecule has 0 bridgehead atoms. The van der Waals surface area contributed by atoms with Gasteiger partial charge in [0.1, 0.15) is 0 Å². The van der Waals surface area contributed by atoms with Crippen LogP contribution in [-0.4, -0.2) is 18.5 Å². The summed E-state index contributed by atoms with van der Waals surface area (Å²) in [4.78, 5) is 14.1. The molecule has 1 aromatic rings. The van der Waals surface area contributed by atoms with E-state index in [4.69, 9.17) is 4.74 Å². The van der Waals surface area contributed by atoms with Crippen molar-refractivity contribution in [2.45, 2.75) is 45.1 Å². The van der Waals surface area contributed by atoms with Crippen molar-refractivity contribution in [1.29, 1.82) is 0 Å². The predicted octanol–water partition coefficient (Wildman–Crippen LogP) is 3.45. The molecule has 16 heavy (non-hydrogen) atoms. The molecule has 0 radical (unpaired) electrons. The fourth-order valence-electron chi connectivity index (χ4n) is 2.01. The number of carbonyl (C=O) groups excluding carboxylic acids is 1. The maximum absolute atomic E-state index is 11.9. The molecule has 0 aliphatic carbocycles. The molecule has 3 heteroatoms. The van der Waals surface area contributed by atoms with E-state index in [9.17, 15) is 4.79 Å². The summed E-state index contributed by atoms with van der Waals surface area (Å²) in [6.07, 6.45) is 5.14. The second-order valence-electron chi connectivity index (χ2n) is 4.22. The van der Waals surface area contributed by atoms with E-state index in [0.717, 1.165) is 37.2 Å². The van der Waals surface area contributed by atoms with Crippen molar-refractivity contribution in [1.82, 2.24) is 0 Å². The lowest BCUT2D eigenvalue weighted by Gasteiger charge is -2.06. The van der Waals surface area contributed by atoms with Crippen LogP contribution in [-0.2, 0) is 11.2 Å². The Morgan fingerprint density at radius 2 is 2.44 bits per heavy atom. The van der Waals surface area contributed by atoms with Crippen LogP contribution in [0.1, 0.15) is 47.2 Å². The van der Waals surface area contributed by atoms with Crippen LogP contribution in [0.4, 0.5) is 0 Å². The molecule has 0 spiro atoms. The maximum atomic E-state index is 11.9. The minimum atomic E-state index is 0.278. The SMILES string of the molecule is CCc1ccc(C(=O)CCC2CCCO2)s1. The quantitative estimate of drug-likeness (QED) is 0.734. The number of hydrogen-bond donors (Lipinski definition) is 0. The lowest BCUT2D eigenvalue weighted by atomic mass is 10.1. The molecule has 1 aliphatic rings. The van der Waals surface area contributed by atoms with Crippen LogP contribution in [0.25, 0.3) is 0 Å². The molecule has 2 nitrogen and oxygen atoms in total. The van der Waals surface area contributed by atoms with Crippen LogP contribution in [0, 0.1) is 0 Å². The minimum Gasteiger partial charge on any atom is -0.378 e. The summed E-state index contributed by atoms with van der Waals surface area (Å²) in [6.45, 7) is 2.99. The number of ether oxygens (including phenoxy) is 1. The number of ketones is 1. The average molecular weight is 238 g/mol. The van der Waals surface area contributed by atoms with Gasteiger partial charge in [-0.05, 0) is 37.8 Å². The first-order valence-electron chi connectivity index (χ1n) is 6.03. The highest BCUT2D eigenvalue weighted by atomic mass is 32.1. The number of thiophene rings is 1. The van der Waals surface area contributed by atoms with Gasteiger partial charge in [0, 0.05) is 17.9 Å². The van der Waals surface area contributed by atoms with Gasteiger partial charge in [0.15, 0.2) is 5.78 Å². The van der Waals surface area contributed by atoms with Gasteiger partial charge in [0.05, 0.1) is 11.0 Å². The molecule has 0 N–H and O–H groups in total. The number of hydrogen-bond acceptors (Lipinski definition) is 3. The summed E-state index contributed by atoms with van der Waals surface area (Å²) in [6, 6.07) is 4.02. The van der Waals surface area contributed by atoms with E-state index in [1.807, 2.05) is 6.07 Å². The van der Waals surface area contributed by atoms with Crippen molar-refractivity contribution < 1.29 is 9.53 Å². The molecule has 0 aromatic carbocycles. The third-order valence-electron chi connectivity index (χ3n) is 3.00. The van der Waals surface area contributed by atoms with Crippen LogP contribution in [0.5, 0.6) is 0 Å². The molecule has 0 saturated carbocycles. The second kappa shape index (κ2) is 5.60. The third kappa shape index (κ3) is 2.92. The monoisotopic (exact) mass is 238 g/mol. The van der Waals surface area contributed by atoms with E-state index in [-0.39, 0.29) is 5.78 Å². The summed E-state index contributed by atoms with van der Waals surface area (Å²) >= 11 is 1.63. The predicted molar refractivity (Wildman–Crippen MR) is 66.2 cm³/mol. The average Bonchev–Trinajstić information content (AvgIpc) is 2.96. The highest BCUT2D eigenvalue weighted by molar-refractivity contribution is 7.14. The molecular weight excluding hydrogens is 220 g/mol. The van der Waals surface area contributed by atoms with Gasteiger partial charge in [0.25, 0.3) is 0 Å². The summed E-state index contributed by atoms with van der Waals surface area (Å²) < 4.78 is 5.52. The third-order valence-corrected chi connectivity index (χ3v) is 4.27. The van der Waals surface area contributed by atoms with Gasteiger partial charge in [-0.15, -0.1) is 11.3 Å². The molecule has 1 aromatic heterocycles. The summed E-state index contributed by atoms with van der Waals surface area (Å²) in [7, 11) is 0. The zero-order chi connectivity index (χ0) is 11.4. The van der Waals surface area contributed by atoms with E-state index < -0.39 is 0 Å². The Morgan fingerprint density at radius 3 is 3.06 bits per heavy atom.